The summed E-state index contributed by atoms with van der Waals surface area (Å²) in [5.41, 5.74) is 5.65. The number of benzene rings is 1. The van der Waals surface area contributed by atoms with Gasteiger partial charge in [0.05, 0.1) is 12.6 Å². The molecule has 1 amide bonds. The molecule has 1 atom stereocenters. The van der Waals surface area contributed by atoms with Gasteiger partial charge in [-0.2, -0.15) is 0 Å². The second-order valence-electron chi connectivity index (χ2n) is 4.10. The smallest absolute Gasteiger partial charge is 0.244 e. The van der Waals surface area contributed by atoms with E-state index in [-0.39, 0.29) is 5.91 Å². The minimum Gasteiger partial charge on any atom is -0.497 e. The van der Waals surface area contributed by atoms with Crippen LogP contribution in [0.3, 0.4) is 0 Å². The highest BCUT2D eigenvalue weighted by Gasteiger charge is 2.26. The molecule has 0 radical (unpaired) electrons. The lowest BCUT2D eigenvalue weighted by Gasteiger charge is -2.21. The molecule has 0 heterocycles. The maximum Gasteiger partial charge on any atom is 0.244 e. The SMILES string of the molecule is CCC(C)(N)C(=O)Nc1cc(Br)cc(OC)c1. The lowest BCUT2D eigenvalue weighted by Crippen LogP contribution is -2.47. The van der Waals surface area contributed by atoms with Gasteiger partial charge in [0, 0.05) is 16.2 Å². The average Bonchev–Trinajstić information content (AvgIpc) is 2.28. The van der Waals surface area contributed by atoms with Crippen molar-refractivity contribution in [1.29, 1.82) is 0 Å². The van der Waals surface area contributed by atoms with Crippen LogP contribution in [-0.2, 0) is 4.79 Å². The van der Waals surface area contributed by atoms with Gasteiger partial charge in [-0.25, -0.2) is 0 Å². The van der Waals surface area contributed by atoms with E-state index in [2.05, 4.69) is 21.2 Å². The molecule has 0 spiro atoms. The van der Waals surface area contributed by atoms with Crippen molar-refractivity contribution in [3.63, 3.8) is 0 Å². The second kappa shape index (κ2) is 5.51. The monoisotopic (exact) mass is 300 g/mol. The molecule has 1 unspecified atom stereocenters. The third-order valence-electron chi connectivity index (χ3n) is 2.62. The van der Waals surface area contributed by atoms with Gasteiger partial charge < -0.3 is 15.8 Å². The van der Waals surface area contributed by atoms with Crippen LogP contribution in [0.1, 0.15) is 20.3 Å². The van der Waals surface area contributed by atoms with Gasteiger partial charge in [-0.15, -0.1) is 0 Å². The quantitative estimate of drug-likeness (QED) is 0.898. The van der Waals surface area contributed by atoms with Crippen molar-refractivity contribution >= 4 is 27.5 Å². The van der Waals surface area contributed by atoms with E-state index in [4.69, 9.17) is 10.5 Å². The zero-order chi connectivity index (χ0) is 13.1. The largest absolute Gasteiger partial charge is 0.497 e. The fourth-order valence-electron chi connectivity index (χ4n) is 1.19. The second-order valence-corrected chi connectivity index (χ2v) is 5.02. The number of nitrogens with one attached hydrogen (secondary N) is 1. The van der Waals surface area contributed by atoms with Crippen LogP contribution >= 0.6 is 15.9 Å². The first-order chi connectivity index (χ1) is 7.89. The molecule has 4 nitrogen and oxygen atoms in total. The normalized spacial score (nSPS) is 13.9. The highest BCUT2D eigenvalue weighted by molar-refractivity contribution is 9.10. The standard InChI is InChI=1S/C12H17BrN2O2/c1-4-12(2,14)11(16)15-9-5-8(13)6-10(7-9)17-3/h5-7H,4,14H2,1-3H3,(H,15,16). The third-order valence-corrected chi connectivity index (χ3v) is 3.08. The summed E-state index contributed by atoms with van der Waals surface area (Å²) in [6, 6.07) is 5.36. The Labute approximate surface area is 110 Å². The van der Waals surface area contributed by atoms with Gasteiger partial charge in [-0.05, 0) is 25.5 Å². The summed E-state index contributed by atoms with van der Waals surface area (Å²) in [6.07, 6.45) is 0.573. The van der Waals surface area contributed by atoms with Gasteiger partial charge in [-0.3, -0.25) is 4.79 Å². The fourth-order valence-corrected chi connectivity index (χ4v) is 1.66. The molecule has 17 heavy (non-hydrogen) atoms. The summed E-state index contributed by atoms with van der Waals surface area (Å²) in [7, 11) is 1.58. The first kappa shape index (κ1) is 14.0. The molecule has 1 aromatic rings. The average molecular weight is 301 g/mol. The number of anilines is 1. The number of hydrogen-bond donors (Lipinski definition) is 2. The predicted octanol–water partition coefficient (Wildman–Crippen LogP) is 2.52. The van der Waals surface area contributed by atoms with Gasteiger partial charge in [0.2, 0.25) is 5.91 Å². The van der Waals surface area contributed by atoms with Crippen molar-refractivity contribution in [1.82, 2.24) is 0 Å². The number of rotatable bonds is 4. The molecular formula is C12H17BrN2O2. The summed E-state index contributed by atoms with van der Waals surface area (Å²) < 4.78 is 5.95. The highest BCUT2D eigenvalue weighted by Crippen LogP contribution is 2.25. The summed E-state index contributed by atoms with van der Waals surface area (Å²) in [5, 5.41) is 2.77. The number of methoxy groups -OCH3 is 1. The maximum atomic E-state index is 11.9. The Hall–Kier alpha value is -1.07. The summed E-state index contributed by atoms with van der Waals surface area (Å²) >= 11 is 3.35. The van der Waals surface area contributed by atoms with Crippen LogP contribution < -0.4 is 15.8 Å². The first-order valence-electron chi connectivity index (χ1n) is 5.34. The lowest BCUT2D eigenvalue weighted by atomic mass is 9.99. The Kier molecular flexibility index (Phi) is 4.54. The molecule has 0 aliphatic carbocycles. The molecule has 5 heteroatoms. The van der Waals surface area contributed by atoms with Crippen molar-refractivity contribution in [3.05, 3.63) is 22.7 Å². The topological polar surface area (TPSA) is 64.4 Å². The summed E-state index contributed by atoms with van der Waals surface area (Å²) in [6.45, 7) is 3.58. The Balaban J connectivity index is 2.88. The Morgan fingerprint density at radius 3 is 2.71 bits per heavy atom. The zero-order valence-corrected chi connectivity index (χ0v) is 11.8. The molecule has 0 aromatic heterocycles. The number of ether oxygens (including phenoxy) is 1. The van der Waals surface area contributed by atoms with Gasteiger partial charge in [-0.1, -0.05) is 22.9 Å². The van der Waals surface area contributed by atoms with Crippen LogP contribution in [0, 0.1) is 0 Å². The van der Waals surface area contributed by atoms with Crippen LogP contribution in [0.25, 0.3) is 0 Å². The first-order valence-corrected chi connectivity index (χ1v) is 6.13. The van der Waals surface area contributed by atoms with Gasteiger partial charge in [0.15, 0.2) is 0 Å². The van der Waals surface area contributed by atoms with E-state index >= 15 is 0 Å². The molecule has 3 N–H and O–H groups in total. The van der Waals surface area contributed by atoms with Crippen LogP contribution in [0.5, 0.6) is 5.75 Å². The summed E-state index contributed by atoms with van der Waals surface area (Å²) in [4.78, 5) is 11.9. The Bertz CT molecular complexity index is 419. The van der Waals surface area contributed by atoms with E-state index in [1.165, 1.54) is 0 Å². The minimum absolute atomic E-state index is 0.208. The molecule has 1 rings (SSSR count). The number of nitrogens with two attached hydrogens (primary N) is 1. The minimum atomic E-state index is -0.866. The molecule has 0 fully saturated rings. The van der Waals surface area contributed by atoms with E-state index in [9.17, 15) is 4.79 Å². The van der Waals surface area contributed by atoms with Crippen LogP contribution in [0.4, 0.5) is 5.69 Å². The molecule has 0 aliphatic rings. The zero-order valence-electron chi connectivity index (χ0n) is 10.2. The van der Waals surface area contributed by atoms with E-state index < -0.39 is 5.54 Å². The molecule has 1 aromatic carbocycles. The summed E-state index contributed by atoms with van der Waals surface area (Å²) in [5.74, 6) is 0.463. The molecule has 0 saturated carbocycles. The predicted molar refractivity (Wildman–Crippen MR) is 72.2 cm³/mol. The number of carbonyl (C=O) groups excluding carboxylic acids is 1. The number of carbonyl (C=O) groups is 1. The Morgan fingerprint density at radius 2 is 2.18 bits per heavy atom. The third kappa shape index (κ3) is 3.71. The van der Waals surface area contributed by atoms with E-state index in [0.29, 0.717) is 17.9 Å². The molecule has 0 aliphatic heterocycles. The van der Waals surface area contributed by atoms with Gasteiger partial charge in [0.25, 0.3) is 0 Å². The van der Waals surface area contributed by atoms with Gasteiger partial charge >= 0.3 is 0 Å². The van der Waals surface area contributed by atoms with Crippen molar-refractivity contribution in [2.45, 2.75) is 25.8 Å². The maximum absolute atomic E-state index is 11.9. The molecule has 0 saturated heterocycles. The number of hydrogen-bond acceptors (Lipinski definition) is 3. The van der Waals surface area contributed by atoms with Crippen LogP contribution in [0.15, 0.2) is 22.7 Å². The Morgan fingerprint density at radius 1 is 1.53 bits per heavy atom. The number of halogens is 1. The fraction of sp³-hybridized carbons (Fsp3) is 0.417. The molecular weight excluding hydrogens is 284 g/mol. The van der Waals surface area contributed by atoms with Gasteiger partial charge in [0.1, 0.15) is 5.75 Å². The van der Waals surface area contributed by atoms with Crippen LogP contribution in [-0.4, -0.2) is 18.6 Å². The molecule has 0 bridgehead atoms. The highest BCUT2D eigenvalue weighted by atomic mass is 79.9. The van der Waals surface area contributed by atoms with Crippen molar-refractivity contribution in [2.24, 2.45) is 5.73 Å². The molecule has 94 valence electrons. The van der Waals surface area contributed by atoms with Crippen LogP contribution in [0.2, 0.25) is 0 Å². The van der Waals surface area contributed by atoms with E-state index in [1.807, 2.05) is 13.0 Å². The van der Waals surface area contributed by atoms with Crippen molar-refractivity contribution in [2.75, 3.05) is 12.4 Å². The number of amides is 1. The van der Waals surface area contributed by atoms with E-state index in [1.54, 1.807) is 26.2 Å². The lowest BCUT2D eigenvalue weighted by molar-refractivity contribution is -0.120. The van der Waals surface area contributed by atoms with Crippen molar-refractivity contribution in [3.8, 4) is 5.75 Å². The van der Waals surface area contributed by atoms with Crippen molar-refractivity contribution < 1.29 is 9.53 Å². The van der Waals surface area contributed by atoms with E-state index in [0.717, 1.165) is 4.47 Å².